The molecule has 0 aromatic carbocycles. The normalized spacial score (nSPS) is 12.3. The van der Waals surface area contributed by atoms with Crippen LogP contribution in [0.25, 0.3) is 0 Å². The summed E-state index contributed by atoms with van der Waals surface area (Å²) >= 11 is 0. The summed E-state index contributed by atoms with van der Waals surface area (Å²) in [6.45, 7) is 3.19. The largest absolute Gasteiger partial charge is 0.393 e. The van der Waals surface area contributed by atoms with Gasteiger partial charge in [0, 0.05) is 6.92 Å². The quantitative estimate of drug-likeness (QED) is 0.137. The number of carbonyl (C=O) groups is 4. The van der Waals surface area contributed by atoms with Crippen molar-refractivity contribution in [2.45, 2.75) is 65.2 Å². The van der Waals surface area contributed by atoms with E-state index in [1.165, 1.54) is 0 Å². The average Bonchev–Trinajstić information content (AvgIpc) is 2.72. The van der Waals surface area contributed by atoms with Gasteiger partial charge >= 0.3 is 11.9 Å². The van der Waals surface area contributed by atoms with Gasteiger partial charge in [-0.1, -0.05) is 79.8 Å². The number of ketones is 2. The van der Waals surface area contributed by atoms with Gasteiger partial charge in [0.05, 0.1) is 6.42 Å². The first-order valence-corrected chi connectivity index (χ1v) is 10.6. The van der Waals surface area contributed by atoms with E-state index in [2.05, 4.69) is 60.3 Å². The van der Waals surface area contributed by atoms with Crippen LogP contribution in [0.5, 0.6) is 0 Å². The molecule has 31 heavy (non-hydrogen) atoms. The average molecular weight is 427 g/mol. The molecule has 0 spiro atoms. The maximum Gasteiger partial charge on any atom is 0.321 e. The third-order valence-corrected chi connectivity index (χ3v) is 3.81. The highest BCUT2D eigenvalue weighted by Gasteiger charge is 2.17. The molecule has 168 valence electrons. The van der Waals surface area contributed by atoms with Gasteiger partial charge in [0.25, 0.3) is 0 Å². The van der Waals surface area contributed by atoms with Crippen LogP contribution < -0.4 is 0 Å². The number of rotatable bonds is 16. The highest BCUT2D eigenvalue weighted by molar-refractivity contribution is 6.39. The summed E-state index contributed by atoms with van der Waals surface area (Å²) in [5, 5.41) is 0. The van der Waals surface area contributed by atoms with Crippen molar-refractivity contribution in [3.8, 4) is 0 Å². The summed E-state index contributed by atoms with van der Waals surface area (Å²) < 4.78 is 4.46. The van der Waals surface area contributed by atoms with Gasteiger partial charge in [0.1, 0.15) is 6.42 Å². The van der Waals surface area contributed by atoms with Crippen LogP contribution in [0.2, 0.25) is 0 Å². The monoisotopic (exact) mass is 426 g/mol. The zero-order valence-electron chi connectivity index (χ0n) is 18.6. The Bertz CT molecular complexity index is 733. The molecule has 0 heterocycles. The molecule has 0 aliphatic heterocycles. The summed E-state index contributed by atoms with van der Waals surface area (Å²) in [6, 6.07) is 0. The Morgan fingerprint density at radius 2 is 0.968 bits per heavy atom. The standard InChI is InChI=1S/C26H34O5/c1-3-4-5-6-7-8-9-10-11-12-13-14-15-16-17-18-19-20-21-25(29)31-26(30)22-24(28)23(2)27/h4-5,7-8,10-11,13-14,16-17,19-20H,3,6,9,12,15,18,21-22H2,1-2H3/b5-4-,8-7-,11-10-,14-13-,17-16-,20-19-. The van der Waals surface area contributed by atoms with E-state index in [0.29, 0.717) is 6.42 Å². The van der Waals surface area contributed by atoms with Crippen molar-refractivity contribution in [3.05, 3.63) is 72.9 Å². The molecule has 0 saturated heterocycles. The van der Waals surface area contributed by atoms with Crippen LogP contribution >= 0.6 is 0 Å². The fourth-order valence-electron chi connectivity index (χ4n) is 2.16. The summed E-state index contributed by atoms with van der Waals surface area (Å²) in [5.74, 6) is -3.36. The predicted molar refractivity (Wildman–Crippen MR) is 124 cm³/mol. The fourth-order valence-corrected chi connectivity index (χ4v) is 2.16. The molecule has 0 atom stereocenters. The van der Waals surface area contributed by atoms with E-state index in [9.17, 15) is 19.2 Å². The Morgan fingerprint density at radius 3 is 1.35 bits per heavy atom. The van der Waals surface area contributed by atoms with Crippen molar-refractivity contribution in [1.29, 1.82) is 0 Å². The van der Waals surface area contributed by atoms with Crippen molar-refractivity contribution in [1.82, 2.24) is 0 Å². The number of esters is 2. The lowest BCUT2D eigenvalue weighted by molar-refractivity contribution is -0.160. The first kappa shape index (κ1) is 27.9. The Hall–Kier alpha value is -3.08. The summed E-state index contributed by atoms with van der Waals surface area (Å²) in [4.78, 5) is 44.6. The molecule has 5 heteroatoms. The van der Waals surface area contributed by atoms with Crippen LogP contribution in [0.3, 0.4) is 0 Å². The molecular formula is C26H34O5. The molecule has 0 aromatic rings. The van der Waals surface area contributed by atoms with Crippen LogP contribution in [0.4, 0.5) is 0 Å². The Kier molecular flexibility index (Phi) is 18.2. The number of carbonyl (C=O) groups excluding carboxylic acids is 4. The minimum atomic E-state index is -1.00. The van der Waals surface area contributed by atoms with Crippen LogP contribution in [-0.4, -0.2) is 23.5 Å². The zero-order chi connectivity index (χ0) is 23.2. The van der Waals surface area contributed by atoms with E-state index in [1.54, 1.807) is 12.2 Å². The van der Waals surface area contributed by atoms with Crippen molar-refractivity contribution < 1.29 is 23.9 Å². The second-order valence-electron chi connectivity index (χ2n) is 6.62. The molecule has 0 aliphatic carbocycles. The Morgan fingerprint density at radius 1 is 0.581 bits per heavy atom. The van der Waals surface area contributed by atoms with Gasteiger partial charge in [0.2, 0.25) is 5.78 Å². The Labute approximate surface area is 185 Å². The van der Waals surface area contributed by atoms with E-state index in [0.717, 1.165) is 39.0 Å². The minimum Gasteiger partial charge on any atom is -0.393 e. The molecule has 0 rings (SSSR count). The number of hydrogen-bond acceptors (Lipinski definition) is 5. The fraction of sp³-hybridized carbons (Fsp3) is 0.385. The summed E-state index contributed by atoms with van der Waals surface area (Å²) in [5.41, 5.74) is 0. The van der Waals surface area contributed by atoms with Gasteiger partial charge in [-0.25, -0.2) is 0 Å². The molecule has 0 saturated carbocycles. The van der Waals surface area contributed by atoms with E-state index in [-0.39, 0.29) is 6.42 Å². The Balaban J connectivity index is 3.78. The maximum absolute atomic E-state index is 11.4. The highest BCUT2D eigenvalue weighted by Crippen LogP contribution is 1.98. The predicted octanol–water partition coefficient (Wildman–Crippen LogP) is 5.69. The molecule has 0 amide bonds. The van der Waals surface area contributed by atoms with Crippen LogP contribution in [0.1, 0.15) is 65.2 Å². The molecule has 0 N–H and O–H groups in total. The van der Waals surface area contributed by atoms with E-state index >= 15 is 0 Å². The van der Waals surface area contributed by atoms with Crippen LogP contribution in [0, 0.1) is 0 Å². The summed E-state index contributed by atoms with van der Waals surface area (Å²) in [7, 11) is 0. The molecule has 5 nitrogen and oxygen atoms in total. The maximum atomic E-state index is 11.4. The second-order valence-corrected chi connectivity index (χ2v) is 6.62. The SMILES string of the molecule is CC/C=C\C/C=C\C/C=C\C/C=C\C/C=C\C/C=C\CC(=O)OC(=O)CC(=O)C(C)=O. The lowest BCUT2D eigenvalue weighted by Gasteiger charge is -1.99. The van der Waals surface area contributed by atoms with Gasteiger partial charge in [-0.05, 0) is 38.5 Å². The highest BCUT2D eigenvalue weighted by atomic mass is 16.6. The smallest absolute Gasteiger partial charge is 0.321 e. The van der Waals surface area contributed by atoms with Gasteiger partial charge < -0.3 is 4.74 Å². The summed E-state index contributed by atoms with van der Waals surface area (Å²) in [6.07, 6.45) is 29.3. The lowest BCUT2D eigenvalue weighted by atomic mass is 10.2. The van der Waals surface area contributed by atoms with E-state index in [1.807, 2.05) is 12.2 Å². The van der Waals surface area contributed by atoms with Crippen LogP contribution in [-0.2, 0) is 23.9 Å². The number of Topliss-reactive ketones (excluding diaryl/α,β-unsaturated/α-hetero) is 2. The number of hydrogen-bond donors (Lipinski definition) is 0. The van der Waals surface area contributed by atoms with Gasteiger partial charge in [-0.2, -0.15) is 0 Å². The van der Waals surface area contributed by atoms with Crippen molar-refractivity contribution in [2.24, 2.45) is 0 Å². The third kappa shape index (κ3) is 20.0. The number of ether oxygens (including phenoxy) is 1. The molecule has 0 fully saturated rings. The molecule has 0 unspecified atom stereocenters. The first-order chi connectivity index (χ1) is 15.0. The third-order valence-electron chi connectivity index (χ3n) is 3.81. The molecule has 0 aliphatic rings. The van der Waals surface area contributed by atoms with Gasteiger partial charge in [-0.15, -0.1) is 0 Å². The number of allylic oxidation sites excluding steroid dienone is 11. The van der Waals surface area contributed by atoms with Gasteiger partial charge in [-0.3, -0.25) is 19.2 Å². The minimum absolute atomic E-state index is 0.0648. The van der Waals surface area contributed by atoms with Crippen molar-refractivity contribution in [2.75, 3.05) is 0 Å². The van der Waals surface area contributed by atoms with Crippen LogP contribution in [0.15, 0.2) is 72.9 Å². The first-order valence-electron chi connectivity index (χ1n) is 10.6. The molecule has 0 aromatic heterocycles. The molecular weight excluding hydrogens is 392 g/mol. The zero-order valence-corrected chi connectivity index (χ0v) is 18.6. The van der Waals surface area contributed by atoms with Crippen molar-refractivity contribution >= 4 is 23.5 Å². The molecule has 0 radical (unpaired) electrons. The lowest BCUT2D eigenvalue weighted by Crippen LogP contribution is -2.19. The van der Waals surface area contributed by atoms with E-state index < -0.39 is 29.9 Å². The van der Waals surface area contributed by atoms with Gasteiger partial charge in [0.15, 0.2) is 5.78 Å². The van der Waals surface area contributed by atoms with E-state index in [4.69, 9.17) is 0 Å². The van der Waals surface area contributed by atoms with Crippen molar-refractivity contribution in [3.63, 3.8) is 0 Å². The second kappa shape index (κ2) is 20.2. The topological polar surface area (TPSA) is 77.5 Å². The molecule has 0 bridgehead atoms.